The van der Waals surface area contributed by atoms with Gasteiger partial charge < -0.3 is 10.1 Å². The lowest BCUT2D eigenvalue weighted by molar-refractivity contribution is -0.204. The summed E-state index contributed by atoms with van der Waals surface area (Å²) in [5, 5.41) is 3.40. The van der Waals surface area contributed by atoms with Crippen LogP contribution in [0.3, 0.4) is 0 Å². The van der Waals surface area contributed by atoms with Gasteiger partial charge in [0.15, 0.2) is 0 Å². The number of aryl methyl sites for hydroxylation is 2. The highest BCUT2D eigenvalue weighted by atomic mass is 19.4. The lowest BCUT2D eigenvalue weighted by atomic mass is 10.1. The molecule has 1 atom stereocenters. The lowest BCUT2D eigenvalue weighted by Crippen LogP contribution is -2.69. The number of ether oxygens (including phenoxy) is 1. The van der Waals surface area contributed by atoms with E-state index < -0.39 is 29.7 Å². The van der Waals surface area contributed by atoms with Gasteiger partial charge in [0, 0.05) is 13.0 Å². The Kier molecular flexibility index (Phi) is 7.25. The van der Waals surface area contributed by atoms with Crippen LogP contribution < -0.4 is 15.4 Å². The minimum atomic E-state index is -5.22. The van der Waals surface area contributed by atoms with Crippen LogP contribution in [0, 0.1) is 0 Å². The number of rotatable bonds is 9. The molecular weight excluding hydrogens is 439 g/mol. The van der Waals surface area contributed by atoms with E-state index in [-0.39, 0.29) is 25.8 Å². The summed E-state index contributed by atoms with van der Waals surface area (Å²) in [6.45, 7) is -0.209. The molecular formula is C23H24F3N3O4. The number of hydrogen-bond acceptors (Lipinski definition) is 4. The maximum absolute atomic E-state index is 13.9. The van der Waals surface area contributed by atoms with Gasteiger partial charge in [0.2, 0.25) is 5.91 Å². The fraction of sp³-hybridized carbons (Fsp3) is 0.348. The highest BCUT2D eigenvalue weighted by molar-refractivity contribution is 6.08. The first-order chi connectivity index (χ1) is 15.7. The normalized spacial score (nSPS) is 18.2. The maximum atomic E-state index is 13.9. The monoisotopic (exact) mass is 463 g/mol. The van der Waals surface area contributed by atoms with Crippen molar-refractivity contribution in [2.24, 2.45) is 0 Å². The predicted molar refractivity (Wildman–Crippen MR) is 113 cm³/mol. The first kappa shape index (κ1) is 24.1. The van der Waals surface area contributed by atoms with E-state index in [4.69, 9.17) is 4.74 Å². The van der Waals surface area contributed by atoms with Gasteiger partial charge >= 0.3 is 12.2 Å². The van der Waals surface area contributed by atoms with Crippen molar-refractivity contribution in [1.82, 2.24) is 15.5 Å². The average molecular weight is 463 g/mol. The molecule has 1 aliphatic rings. The van der Waals surface area contributed by atoms with Crippen molar-refractivity contribution in [3.63, 3.8) is 0 Å². The third-order valence-corrected chi connectivity index (χ3v) is 5.35. The number of amides is 4. The molecule has 0 aromatic heterocycles. The minimum Gasteiger partial charge on any atom is -0.497 e. The maximum Gasteiger partial charge on any atom is 0.440 e. The van der Waals surface area contributed by atoms with Crippen molar-refractivity contribution in [3.05, 3.63) is 65.7 Å². The van der Waals surface area contributed by atoms with E-state index in [0.29, 0.717) is 22.6 Å². The van der Waals surface area contributed by atoms with Crippen LogP contribution in [-0.2, 0) is 22.4 Å². The van der Waals surface area contributed by atoms with Crippen LogP contribution in [0.25, 0.3) is 0 Å². The first-order valence-electron chi connectivity index (χ1n) is 10.3. The Labute approximate surface area is 188 Å². The summed E-state index contributed by atoms with van der Waals surface area (Å²) in [6.07, 6.45) is -4.62. The third-order valence-electron chi connectivity index (χ3n) is 5.35. The molecule has 0 aliphatic carbocycles. The molecule has 2 aromatic rings. The van der Waals surface area contributed by atoms with Crippen LogP contribution in [0.5, 0.6) is 5.75 Å². The summed E-state index contributed by atoms with van der Waals surface area (Å²) in [5.41, 5.74) is -1.84. The number of carbonyl (C=O) groups is 3. The molecule has 0 radical (unpaired) electrons. The van der Waals surface area contributed by atoms with Crippen molar-refractivity contribution in [2.45, 2.75) is 37.5 Å². The number of alkyl halides is 3. The van der Waals surface area contributed by atoms with E-state index in [1.807, 2.05) is 30.3 Å². The predicted octanol–water partition coefficient (Wildman–Crippen LogP) is 3.19. The summed E-state index contributed by atoms with van der Waals surface area (Å²) in [7, 11) is 1.50. The van der Waals surface area contributed by atoms with Gasteiger partial charge in [-0.3, -0.25) is 19.8 Å². The Morgan fingerprint density at radius 3 is 2.27 bits per heavy atom. The second kappa shape index (κ2) is 9.93. The Bertz CT molecular complexity index is 996. The van der Waals surface area contributed by atoms with Crippen molar-refractivity contribution in [3.8, 4) is 5.75 Å². The number of methoxy groups -OCH3 is 1. The number of hydrogen-bond donors (Lipinski definition) is 2. The molecule has 33 heavy (non-hydrogen) atoms. The molecule has 7 nitrogen and oxygen atoms in total. The zero-order chi connectivity index (χ0) is 24.1. The number of imide groups is 1. The topological polar surface area (TPSA) is 87.7 Å². The summed E-state index contributed by atoms with van der Waals surface area (Å²) in [6, 6.07) is 14.7. The van der Waals surface area contributed by atoms with E-state index in [0.717, 1.165) is 5.56 Å². The molecule has 1 aliphatic heterocycles. The molecule has 3 rings (SSSR count). The molecule has 0 bridgehead atoms. The van der Waals surface area contributed by atoms with Gasteiger partial charge in [-0.1, -0.05) is 42.5 Å². The molecule has 1 saturated heterocycles. The van der Waals surface area contributed by atoms with Crippen LogP contribution in [0.4, 0.5) is 18.0 Å². The molecule has 2 N–H and O–H groups in total. The SMILES string of the molecule is COc1ccc(CCC(=O)N[C@@]2(C(F)(F)F)NC(=O)N(CCCc3ccccc3)C2=O)cc1. The first-order valence-corrected chi connectivity index (χ1v) is 10.3. The number of halogens is 3. The van der Waals surface area contributed by atoms with E-state index in [2.05, 4.69) is 0 Å². The van der Waals surface area contributed by atoms with Gasteiger partial charge in [0.25, 0.3) is 11.6 Å². The summed E-state index contributed by atoms with van der Waals surface area (Å²) >= 11 is 0. The van der Waals surface area contributed by atoms with Crippen LogP contribution >= 0.6 is 0 Å². The summed E-state index contributed by atoms with van der Waals surface area (Å²) in [5.74, 6) is -1.94. The second-order valence-corrected chi connectivity index (χ2v) is 7.62. The van der Waals surface area contributed by atoms with Gasteiger partial charge in [-0.05, 0) is 42.5 Å². The van der Waals surface area contributed by atoms with Crippen molar-refractivity contribution < 1.29 is 32.3 Å². The number of urea groups is 1. The number of carbonyl (C=O) groups excluding carboxylic acids is 3. The molecule has 10 heteroatoms. The Hall–Kier alpha value is -3.56. The van der Waals surface area contributed by atoms with E-state index in [9.17, 15) is 27.6 Å². The van der Waals surface area contributed by atoms with Crippen LogP contribution in [0.1, 0.15) is 24.0 Å². The third kappa shape index (κ3) is 5.44. The zero-order valence-electron chi connectivity index (χ0n) is 17.9. The van der Waals surface area contributed by atoms with Crippen molar-refractivity contribution in [1.29, 1.82) is 0 Å². The van der Waals surface area contributed by atoms with E-state index in [1.165, 1.54) is 7.11 Å². The fourth-order valence-corrected chi connectivity index (χ4v) is 3.53. The highest BCUT2D eigenvalue weighted by Gasteiger charge is 2.68. The number of nitrogens with one attached hydrogen (secondary N) is 2. The smallest absolute Gasteiger partial charge is 0.440 e. The molecule has 2 aromatic carbocycles. The van der Waals surface area contributed by atoms with Gasteiger partial charge in [0.1, 0.15) is 5.75 Å². The van der Waals surface area contributed by atoms with Gasteiger partial charge in [0.05, 0.1) is 7.11 Å². The Morgan fingerprint density at radius 2 is 1.67 bits per heavy atom. The molecule has 0 spiro atoms. The lowest BCUT2D eigenvalue weighted by Gasteiger charge is -2.30. The van der Waals surface area contributed by atoms with Crippen molar-refractivity contribution >= 4 is 17.8 Å². The highest BCUT2D eigenvalue weighted by Crippen LogP contribution is 2.34. The Morgan fingerprint density at radius 1 is 1.03 bits per heavy atom. The second-order valence-electron chi connectivity index (χ2n) is 7.62. The van der Waals surface area contributed by atoms with Gasteiger partial charge in [-0.2, -0.15) is 13.2 Å². The van der Waals surface area contributed by atoms with Crippen LogP contribution in [0.2, 0.25) is 0 Å². The average Bonchev–Trinajstić information content (AvgIpc) is 3.03. The summed E-state index contributed by atoms with van der Waals surface area (Å²) < 4.78 is 46.8. The zero-order valence-corrected chi connectivity index (χ0v) is 17.9. The molecule has 0 unspecified atom stereocenters. The van der Waals surface area contributed by atoms with E-state index >= 15 is 0 Å². The van der Waals surface area contributed by atoms with E-state index in [1.54, 1.807) is 34.9 Å². The molecule has 176 valence electrons. The van der Waals surface area contributed by atoms with Crippen LogP contribution in [0.15, 0.2) is 54.6 Å². The van der Waals surface area contributed by atoms with Crippen LogP contribution in [-0.4, -0.2) is 48.2 Å². The minimum absolute atomic E-state index is 0.146. The quantitative estimate of drug-likeness (QED) is 0.560. The summed E-state index contributed by atoms with van der Waals surface area (Å²) in [4.78, 5) is 37.8. The largest absolute Gasteiger partial charge is 0.497 e. The van der Waals surface area contributed by atoms with Gasteiger partial charge in [-0.15, -0.1) is 0 Å². The standard InChI is InChI=1S/C23H24F3N3O4/c1-33-18-12-9-17(10-13-18)11-14-19(30)27-22(23(24,25)26)20(31)29(21(32)28-22)15-5-8-16-6-3-2-4-7-16/h2-4,6-7,9-10,12-13H,5,8,11,14-15H2,1H3,(H,27,30)(H,28,32)/t22-/m1/s1. The van der Waals surface area contributed by atoms with Crippen molar-refractivity contribution in [2.75, 3.05) is 13.7 Å². The Balaban J connectivity index is 1.65. The molecule has 4 amide bonds. The fourth-order valence-electron chi connectivity index (χ4n) is 3.53. The molecule has 1 heterocycles. The number of benzene rings is 2. The molecule has 1 fully saturated rings. The number of nitrogens with zero attached hydrogens (tertiary/aromatic N) is 1. The van der Waals surface area contributed by atoms with Gasteiger partial charge in [-0.25, -0.2) is 4.79 Å². The molecule has 0 saturated carbocycles.